The zero-order valence-electron chi connectivity index (χ0n) is 16.5. The van der Waals surface area contributed by atoms with Crippen molar-refractivity contribution in [1.82, 2.24) is 25.0 Å². The predicted molar refractivity (Wildman–Crippen MR) is 106 cm³/mol. The average molecular weight is 393 g/mol. The first-order chi connectivity index (χ1) is 14.1. The van der Waals surface area contributed by atoms with Gasteiger partial charge in [-0.3, -0.25) is 5.10 Å². The number of pyridine rings is 1. The molecule has 2 aliphatic rings. The van der Waals surface area contributed by atoms with E-state index in [0.717, 1.165) is 23.3 Å². The Balaban J connectivity index is 1.73. The molecule has 2 aliphatic heterocycles. The van der Waals surface area contributed by atoms with Gasteiger partial charge in [-0.25, -0.2) is 4.98 Å². The first kappa shape index (κ1) is 18.1. The highest BCUT2D eigenvalue weighted by Crippen LogP contribution is 2.41. The number of nitrogens with zero attached hydrogens (tertiary/aromatic N) is 6. The molecular formula is C20H23N7O2. The number of morpholine rings is 1. The third-order valence-electron chi connectivity index (χ3n) is 6.14. The van der Waals surface area contributed by atoms with Crippen molar-refractivity contribution in [1.29, 1.82) is 5.26 Å². The van der Waals surface area contributed by atoms with Crippen LogP contribution in [0.25, 0.3) is 16.9 Å². The zero-order chi connectivity index (χ0) is 20.0. The van der Waals surface area contributed by atoms with Crippen molar-refractivity contribution in [2.45, 2.75) is 25.3 Å². The van der Waals surface area contributed by atoms with Crippen molar-refractivity contribution >= 4 is 16.9 Å². The van der Waals surface area contributed by atoms with Gasteiger partial charge in [0.25, 0.3) is 0 Å². The molecule has 0 amide bonds. The van der Waals surface area contributed by atoms with Gasteiger partial charge in [-0.2, -0.15) is 20.1 Å². The van der Waals surface area contributed by atoms with Crippen molar-refractivity contribution in [3.63, 3.8) is 0 Å². The minimum absolute atomic E-state index is 0.141. The Morgan fingerprint density at radius 3 is 2.79 bits per heavy atom. The molecule has 0 saturated carbocycles. The van der Waals surface area contributed by atoms with Crippen LogP contribution in [0.1, 0.15) is 19.4 Å². The summed E-state index contributed by atoms with van der Waals surface area (Å²) in [5.74, 6) is 1.64. The van der Waals surface area contributed by atoms with Gasteiger partial charge < -0.3 is 14.4 Å². The molecule has 0 aliphatic carbocycles. The second kappa shape index (κ2) is 6.83. The Hall–Kier alpha value is -2.96. The summed E-state index contributed by atoms with van der Waals surface area (Å²) in [6.07, 6.45) is 3.54. The lowest BCUT2D eigenvalue weighted by Crippen LogP contribution is -2.45. The van der Waals surface area contributed by atoms with Crippen LogP contribution in [-0.2, 0) is 14.9 Å². The van der Waals surface area contributed by atoms with Crippen LogP contribution in [0.3, 0.4) is 0 Å². The number of hydrogen-bond donors (Lipinski definition) is 1. The molecule has 3 aromatic heterocycles. The molecule has 150 valence electrons. The number of hydrogen-bond acceptors (Lipinski definition) is 7. The number of rotatable bonds is 4. The molecule has 3 aromatic rings. The molecule has 29 heavy (non-hydrogen) atoms. The fraction of sp³-hybridized carbons (Fsp3) is 0.500. The number of nitriles is 1. The third-order valence-corrected chi connectivity index (χ3v) is 6.14. The average Bonchev–Trinajstić information content (AvgIpc) is 3.35. The minimum atomic E-state index is -0.691. The lowest BCUT2D eigenvalue weighted by Gasteiger charge is -2.39. The molecule has 5 rings (SSSR count). The first-order valence-electron chi connectivity index (χ1n) is 9.84. The molecule has 0 aromatic carbocycles. The van der Waals surface area contributed by atoms with Gasteiger partial charge in [0.15, 0.2) is 11.5 Å². The van der Waals surface area contributed by atoms with Gasteiger partial charge >= 0.3 is 0 Å². The number of nitrogens with one attached hydrogen (secondary N) is 1. The number of aromatic nitrogens is 5. The summed E-state index contributed by atoms with van der Waals surface area (Å²) in [5, 5.41) is 22.7. The van der Waals surface area contributed by atoms with Crippen LogP contribution in [0.5, 0.6) is 0 Å². The SMILES string of the molecule is C[C@@H]1COCCN1c1cc(C(C)(C#N)C2COC2)c2cnn(-c3cc[nH]n3)c2n1. The van der Waals surface area contributed by atoms with Crippen LogP contribution >= 0.6 is 0 Å². The van der Waals surface area contributed by atoms with Gasteiger partial charge in [0.05, 0.1) is 50.2 Å². The molecule has 0 bridgehead atoms. The Morgan fingerprint density at radius 2 is 2.14 bits per heavy atom. The maximum Gasteiger partial charge on any atom is 0.177 e. The molecule has 9 nitrogen and oxygen atoms in total. The Labute approximate surface area is 168 Å². The second-order valence-corrected chi connectivity index (χ2v) is 7.92. The highest BCUT2D eigenvalue weighted by Gasteiger charge is 2.43. The molecule has 2 atom stereocenters. The summed E-state index contributed by atoms with van der Waals surface area (Å²) >= 11 is 0. The number of fused-ring (bicyclic) bond motifs is 1. The van der Waals surface area contributed by atoms with E-state index in [-0.39, 0.29) is 12.0 Å². The van der Waals surface area contributed by atoms with Crippen molar-refractivity contribution in [2.75, 3.05) is 37.9 Å². The summed E-state index contributed by atoms with van der Waals surface area (Å²) in [6, 6.07) is 6.67. The topological polar surface area (TPSA) is 105 Å². The van der Waals surface area contributed by atoms with Gasteiger partial charge in [-0.15, -0.1) is 0 Å². The molecule has 0 radical (unpaired) electrons. The minimum Gasteiger partial charge on any atom is -0.381 e. The molecule has 2 saturated heterocycles. The lowest BCUT2D eigenvalue weighted by molar-refractivity contribution is -0.0560. The van der Waals surface area contributed by atoms with Crippen LogP contribution in [0.2, 0.25) is 0 Å². The Bertz CT molecular complexity index is 1070. The van der Waals surface area contributed by atoms with E-state index in [2.05, 4.69) is 39.3 Å². The van der Waals surface area contributed by atoms with E-state index < -0.39 is 5.41 Å². The quantitative estimate of drug-likeness (QED) is 0.720. The number of ether oxygens (including phenoxy) is 2. The molecule has 5 heterocycles. The summed E-state index contributed by atoms with van der Waals surface area (Å²) in [5.41, 5.74) is 0.946. The highest BCUT2D eigenvalue weighted by molar-refractivity contribution is 5.84. The van der Waals surface area contributed by atoms with Crippen LogP contribution < -0.4 is 4.90 Å². The van der Waals surface area contributed by atoms with Gasteiger partial charge in [0.2, 0.25) is 0 Å². The van der Waals surface area contributed by atoms with E-state index in [1.54, 1.807) is 17.1 Å². The fourth-order valence-corrected chi connectivity index (χ4v) is 4.11. The molecular weight excluding hydrogens is 370 g/mol. The first-order valence-corrected chi connectivity index (χ1v) is 9.84. The van der Waals surface area contributed by atoms with E-state index in [9.17, 15) is 5.26 Å². The van der Waals surface area contributed by atoms with Crippen LogP contribution in [-0.4, -0.2) is 64.0 Å². The smallest absolute Gasteiger partial charge is 0.177 e. The van der Waals surface area contributed by atoms with Gasteiger partial charge in [-0.1, -0.05) is 0 Å². The molecule has 1 N–H and O–H groups in total. The second-order valence-electron chi connectivity index (χ2n) is 7.92. The molecule has 1 unspecified atom stereocenters. The maximum atomic E-state index is 10.2. The van der Waals surface area contributed by atoms with E-state index >= 15 is 0 Å². The normalized spacial score (nSPS) is 22.2. The van der Waals surface area contributed by atoms with Crippen molar-refractivity contribution in [3.05, 3.63) is 30.1 Å². The van der Waals surface area contributed by atoms with Crippen LogP contribution in [0.4, 0.5) is 5.82 Å². The largest absolute Gasteiger partial charge is 0.381 e. The van der Waals surface area contributed by atoms with E-state index in [1.807, 2.05) is 13.0 Å². The van der Waals surface area contributed by atoms with E-state index in [4.69, 9.17) is 14.5 Å². The standard InChI is InChI=1S/C20H23N7O2/c1-13-9-28-6-5-26(13)18-7-16(20(2,12-21)14-10-29-11-14)15-8-23-27(19(15)24-18)17-3-4-22-25-17/h3-4,7-8,13-14H,5-6,9-11H2,1-2H3,(H,22,25)/t13-,20?/m1/s1. The fourth-order valence-electron chi connectivity index (χ4n) is 4.11. The number of H-pyrrole nitrogens is 1. The van der Waals surface area contributed by atoms with Crippen LogP contribution in [0, 0.1) is 17.2 Å². The molecule has 2 fully saturated rings. The maximum absolute atomic E-state index is 10.2. The summed E-state index contributed by atoms with van der Waals surface area (Å²) < 4.78 is 12.7. The zero-order valence-corrected chi connectivity index (χ0v) is 16.5. The third kappa shape index (κ3) is 2.79. The van der Waals surface area contributed by atoms with Gasteiger partial charge in [-0.05, 0) is 25.5 Å². The van der Waals surface area contributed by atoms with Crippen LogP contribution in [0.15, 0.2) is 24.5 Å². The monoisotopic (exact) mass is 393 g/mol. The lowest BCUT2D eigenvalue weighted by atomic mass is 9.71. The molecule has 0 spiro atoms. The molecule has 9 heteroatoms. The Kier molecular flexibility index (Phi) is 4.26. The van der Waals surface area contributed by atoms with E-state index in [1.165, 1.54) is 0 Å². The highest BCUT2D eigenvalue weighted by atomic mass is 16.5. The van der Waals surface area contributed by atoms with Gasteiger partial charge in [0.1, 0.15) is 5.82 Å². The summed E-state index contributed by atoms with van der Waals surface area (Å²) in [6.45, 7) is 7.36. The predicted octanol–water partition coefficient (Wildman–Crippen LogP) is 1.80. The summed E-state index contributed by atoms with van der Waals surface area (Å²) in [7, 11) is 0. The number of anilines is 1. The Morgan fingerprint density at radius 1 is 1.28 bits per heavy atom. The van der Waals surface area contributed by atoms with E-state index in [0.29, 0.717) is 37.9 Å². The van der Waals surface area contributed by atoms with Crippen molar-refractivity contribution in [2.24, 2.45) is 5.92 Å². The van der Waals surface area contributed by atoms with Crippen molar-refractivity contribution < 1.29 is 9.47 Å². The van der Waals surface area contributed by atoms with Gasteiger partial charge in [0, 0.05) is 30.1 Å². The number of aromatic amines is 1. The van der Waals surface area contributed by atoms with Crippen molar-refractivity contribution in [3.8, 4) is 11.9 Å². The summed E-state index contributed by atoms with van der Waals surface area (Å²) in [4.78, 5) is 7.19.